The van der Waals surface area contributed by atoms with E-state index in [1.54, 1.807) is 0 Å². The maximum atomic E-state index is 9.12. The van der Waals surface area contributed by atoms with Crippen LogP contribution in [-0.2, 0) is 13.6 Å². The van der Waals surface area contributed by atoms with E-state index in [9.17, 15) is 0 Å². The Morgan fingerprint density at radius 2 is 2.17 bits per heavy atom. The highest BCUT2D eigenvalue weighted by Crippen LogP contribution is 2.20. The third kappa shape index (κ3) is 3.82. The predicted octanol–water partition coefficient (Wildman–Crippen LogP) is 2.18. The van der Waals surface area contributed by atoms with Gasteiger partial charge in [-0.25, -0.2) is 0 Å². The molecule has 0 fully saturated rings. The van der Waals surface area contributed by atoms with Crippen LogP contribution in [0.2, 0.25) is 0 Å². The van der Waals surface area contributed by atoms with Gasteiger partial charge in [0.1, 0.15) is 0 Å². The maximum Gasteiger partial charge on any atom is 0.0694 e. The van der Waals surface area contributed by atoms with Crippen LogP contribution in [0.25, 0.3) is 0 Å². The van der Waals surface area contributed by atoms with Gasteiger partial charge >= 0.3 is 0 Å². The Labute approximate surface area is 110 Å². The molecule has 1 heterocycles. The summed E-state index contributed by atoms with van der Waals surface area (Å²) in [5.41, 5.74) is 2.41. The molecule has 0 spiro atoms. The first-order valence-electron chi connectivity index (χ1n) is 6.80. The van der Waals surface area contributed by atoms with Gasteiger partial charge in [-0.3, -0.25) is 4.68 Å². The highest BCUT2D eigenvalue weighted by Gasteiger charge is 2.21. The van der Waals surface area contributed by atoms with Gasteiger partial charge < -0.3 is 10.4 Å². The molecule has 0 saturated heterocycles. The first kappa shape index (κ1) is 15.2. The van der Waals surface area contributed by atoms with Gasteiger partial charge in [-0.15, -0.1) is 0 Å². The van der Waals surface area contributed by atoms with E-state index >= 15 is 0 Å². The van der Waals surface area contributed by atoms with Gasteiger partial charge in [-0.1, -0.05) is 20.8 Å². The van der Waals surface area contributed by atoms with Crippen molar-refractivity contribution in [3.05, 3.63) is 17.5 Å². The number of hydrogen-bond donors (Lipinski definition) is 2. The highest BCUT2D eigenvalue weighted by atomic mass is 16.3. The van der Waals surface area contributed by atoms with E-state index in [0.29, 0.717) is 5.92 Å². The molecule has 0 amide bonds. The number of aryl methyl sites for hydroxylation is 1. The fraction of sp³-hybridized carbons (Fsp3) is 0.786. The molecule has 4 nitrogen and oxygen atoms in total. The molecular weight excluding hydrogens is 226 g/mol. The lowest BCUT2D eigenvalue weighted by molar-refractivity contribution is 0.214. The van der Waals surface area contributed by atoms with Crippen molar-refractivity contribution in [3.63, 3.8) is 0 Å². The van der Waals surface area contributed by atoms with E-state index < -0.39 is 0 Å². The molecule has 1 unspecified atom stereocenters. The lowest BCUT2D eigenvalue weighted by Gasteiger charge is -2.29. The van der Waals surface area contributed by atoms with Gasteiger partial charge in [0.25, 0.3) is 0 Å². The number of aliphatic hydroxyl groups is 1. The summed E-state index contributed by atoms with van der Waals surface area (Å²) in [6.45, 7) is 9.67. The second-order valence-electron chi connectivity index (χ2n) is 5.61. The minimum absolute atomic E-state index is 0.00115. The number of nitrogens with one attached hydrogen (secondary N) is 1. The van der Waals surface area contributed by atoms with Crippen LogP contribution >= 0.6 is 0 Å². The average molecular weight is 253 g/mol. The maximum absolute atomic E-state index is 9.12. The van der Waals surface area contributed by atoms with Crippen LogP contribution in [-0.4, -0.2) is 27.0 Å². The van der Waals surface area contributed by atoms with E-state index in [0.717, 1.165) is 25.1 Å². The monoisotopic (exact) mass is 253 g/mol. The van der Waals surface area contributed by atoms with E-state index in [-0.39, 0.29) is 12.1 Å². The fourth-order valence-corrected chi connectivity index (χ4v) is 2.12. The van der Waals surface area contributed by atoms with Gasteiger partial charge in [0, 0.05) is 37.5 Å². The zero-order valence-corrected chi connectivity index (χ0v) is 12.3. The second-order valence-corrected chi connectivity index (χ2v) is 5.61. The highest BCUT2D eigenvalue weighted by molar-refractivity contribution is 5.20. The first-order chi connectivity index (χ1) is 8.41. The standard InChI is InChI=1S/C14H27N3O/c1-6-14(4,7-8-18)15-9-12-10-17(5)16-13(12)11(2)3/h10-11,15,18H,6-9H2,1-5H3. The smallest absolute Gasteiger partial charge is 0.0694 e. The zero-order chi connectivity index (χ0) is 13.8. The minimum Gasteiger partial charge on any atom is -0.396 e. The Bertz CT molecular complexity index is 373. The molecule has 0 aliphatic carbocycles. The molecule has 0 radical (unpaired) electrons. The molecule has 1 rings (SSSR count). The Morgan fingerprint density at radius 3 is 2.67 bits per heavy atom. The van der Waals surface area contributed by atoms with Crippen molar-refractivity contribution in [1.82, 2.24) is 15.1 Å². The summed E-state index contributed by atoms with van der Waals surface area (Å²) in [5, 5.41) is 17.2. The van der Waals surface area contributed by atoms with Crippen LogP contribution in [0.4, 0.5) is 0 Å². The van der Waals surface area contributed by atoms with E-state index in [2.05, 4.69) is 44.3 Å². The summed E-state index contributed by atoms with van der Waals surface area (Å²) < 4.78 is 1.88. The number of aromatic nitrogens is 2. The van der Waals surface area contributed by atoms with Gasteiger partial charge in [0.2, 0.25) is 0 Å². The molecule has 104 valence electrons. The average Bonchev–Trinajstić information content (AvgIpc) is 2.69. The first-order valence-corrected chi connectivity index (χ1v) is 6.80. The van der Waals surface area contributed by atoms with Gasteiger partial charge in [-0.2, -0.15) is 5.10 Å². The third-order valence-corrected chi connectivity index (χ3v) is 3.63. The quantitative estimate of drug-likeness (QED) is 0.783. The van der Waals surface area contributed by atoms with Crippen molar-refractivity contribution in [1.29, 1.82) is 0 Å². The van der Waals surface area contributed by atoms with Crippen molar-refractivity contribution >= 4 is 0 Å². The van der Waals surface area contributed by atoms with Crippen LogP contribution in [0, 0.1) is 0 Å². The predicted molar refractivity (Wildman–Crippen MR) is 74.5 cm³/mol. The van der Waals surface area contributed by atoms with Crippen molar-refractivity contribution in [2.24, 2.45) is 7.05 Å². The largest absolute Gasteiger partial charge is 0.396 e. The van der Waals surface area contributed by atoms with Crippen LogP contribution in [0.5, 0.6) is 0 Å². The third-order valence-electron chi connectivity index (χ3n) is 3.63. The van der Waals surface area contributed by atoms with E-state index in [1.807, 2.05) is 11.7 Å². The normalized spacial score (nSPS) is 15.1. The molecule has 0 aliphatic heterocycles. The van der Waals surface area contributed by atoms with Crippen LogP contribution in [0.3, 0.4) is 0 Å². The van der Waals surface area contributed by atoms with Gasteiger partial charge in [-0.05, 0) is 25.7 Å². The molecule has 2 N–H and O–H groups in total. The Hall–Kier alpha value is -0.870. The lowest BCUT2D eigenvalue weighted by atomic mass is 9.94. The topological polar surface area (TPSA) is 50.1 Å². The summed E-state index contributed by atoms with van der Waals surface area (Å²) in [6, 6.07) is 0. The van der Waals surface area contributed by atoms with Gasteiger partial charge in [0.15, 0.2) is 0 Å². The molecule has 0 aromatic carbocycles. The van der Waals surface area contributed by atoms with Crippen LogP contribution < -0.4 is 5.32 Å². The van der Waals surface area contributed by atoms with Crippen LogP contribution in [0.15, 0.2) is 6.20 Å². The number of hydrogen-bond acceptors (Lipinski definition) is 3. The van der Waals surface area contributed by atoms with E-state index in [4.69, 9.17) is 5.11 Å². The Morgan fingerprint density at radius 1 is 1.50 bits per heavy atom. The summed E-state index contributed by atoms with van der Waals surface area (Å²) in [6.07, 6.45) is 3.86. The SMILES string of the molecule is CCC(C)(CCO)NCc1cn(C)nc1C(C)C. The summed E-state index contributed by atoms with van der Waals surface area (Å²) in [5.74, 6) is 0.439. The summed E-state index contributed by atoms with van der Waals surface area (Å²) in [7, 11) is 1.96. The van der Waals surface area contributed by atoms with E-state index in [1.165, 1.54) is 5.56 Å². The number of rotatable bonds is 7. The Balaban J connectivity index is 2.73. The molecule has 0 aliphatic rings. The molecule has 4 heteroatoms. The number of aliphatic hydroxyl groups excluding tert-OH is 1. The Kier molecular flexibility index (Phi) is 5.35. The van der Waals surface area contributed by atoms with Crippen LogP contribution in [0.1, 0.15) is 57.7 Å². The second kappa shape index (κ2) is 6.34. The van der Waals surface area contributed by atoms with Gasteiger partial charge in [0.05, 0.1) is 5.69 Å². The summed E-state index contributed by atoms with van der Waals surface area (Å²) in [4.78, 5) is 0. The van der Waals surface area contributed by atoms with Crippen molar-refractivity contribution in [2.45, 2.75) is 58.5 Å². The molecule has 18 heavy (non-hydrogen) atoms. The number of nitrogens with zero attached hydrogens (tertiary/aromatic N) is 2. The zero-order valence-electron chi connectivity index (χ0n) is 12.3. The molecule has 1 aromatic rings. The molecule has 0 bridgehead atoms. The molecule has 1 atom stereocenters. The molecule has 0 saturated carbocycles. The molecular formula is C14H27N3O. The van der Waals surface area contributed by atoms with Crippen molar-refractivity contribution in [2.75, 3.05) is 6.61 Å². The summed E-state index contributed by atoms with van der Waals surface area (Å²) >= 11 is 0. The van der Waals surface area contributed by atoms with Crippen molar-refractivity contribution in [3.8, 4) is 0 Å². The molecule has 1 aromatic heterocycles. The fourth-order valence-electron chi connectivity index (χ4n) is 2.12. The lowest BCUT2D eigenvalue weighted by Crippen LogP contribution is -2.42. The van der Waals surface area contributed by atoms with Crippen molar-refractivity contribution < 1.29 is 5.11 Å². The minimum atomic E-state index is -0.00115.